The van der Waals surface area contributed by atoms with Crippen LogP contribution in [0.2, 0.25) is 0 Å². The van der Waals surface area contributed by atoms with Crippen LogP contribution < -0.4 is 16.2 Å². The van der Waals surface area contributed by atoms with Gasteiger partial charge in [-0.05, 0) is 25.5 Å². The smallest absolute Gasteiger partial charge is 0.350 e. The van der Waals surface area contributed by atoms with Gasteiger partial charge >= 0.3 is 6.18 Å². The lowest BCUT2D eigenvalue weighted by atomic mass is 10.0. The van der Waals surface area contributed by atoms with Crippen molar-refractivity contribution in [2.24, 2.45) is 0 Å². The topological polar surface area (TPSA) is 82.7 Å². The number of benzene rings is 1. The van der Waals surface area contributed by atoms with E-state index in [9.17, 15) is 18.0 Å². The van der Waals surface area contributed by atoms with E-state index in [1.807, 2.05) is 0 Å². The molecule has 3 heterocycles. The van der Waals surface area contributed by atoms with E-state index in [2.05, 4.69) is 25.6 Å². The molecule has 0 amide bonds. The van der Waals surface area contributed by atoms with Gasteiger partial charge in [0, 0.05) is 41.3 Å². The first kappa shape index (κ1) is 18.4. The first-order valence-electron chi connectivity index (χ1n) is 8.96. The van der Waals surface area contributed by atoms with Crippen molar-refractivity contribution in [2.75, 3.05) is 18.4 Å². The number of nitrogens with zero attached hydrogens (tertiary/aromatic N) is 2. The van der Waals surface area contributed by atoms with Crippen molar-refractivity contribution in [3.8, 4) is 11.3 Å². The second kappa shape index (κ2) is 7.23. The molecule has 1 fully saturated rings. The molecule has 0 radical (unpaired) electrons. The van der Waals surface area contributed by atoms with Gasteiger partial charge in [0.25, 0.3) is 0 Å². The third kappa shape index (κ3) is 3.70. The summed E-state index contributed by atoms with van der Waals surface area (Å²) >= 11 is 0. The summed E-state index contributed by atoms with van der Waals surface area (Å²) in [5, 5.41) is 6.80. The Hall–Kier alpha value is -2.94. The molecule has 28 heavy (non-hydrogen) atoms. The molecule has 1 aliphatic heterocycles. The summed E-state index contributed by atoms with van der Waals surface area (Å²) in [6.45, 7) is 1.60. The average molecular weight is 389 g/mol. The third-order valence-electron chi connectivity index (χ3n) is 4.73. The summed E-state index contributed by atoms with van der Waals surface area (Å²) in [4.78, 5) is 22.7. The van der Waals surface area contributed by atoms with Crippen molar-refractivity contribution in [1.82, 2.24) is 20.3 Å². The minimum atomic E-state index is -4.65. The molecule has 0 saturated carbocycles. The molecule has 0 spiro atoms. The molecule has 1 saturated heterocycles. The molecule has 0 bridgehead atoms. The van der Waals surface area contributed by atoms with E-state index in [1.54, 1.807) is 24.3 Å². The number of anilines is 1. The molecule has 3 aromatic rings. The number of pyridine rings is 1. The largest absolute Gasteiger partial charge is 0.419 e. The van der Waals surface area contributed by atoms with Gasteiger partial charge in [0.05, 0.1) is 5.69 Å². The van der Waals surface area contributed by atoms with Crippen LogP contribution in [0.1, 0.15) is 18.4 Å². The normalized spacial score (nSPS) is 17.6. The van der Waals surface area contributed by atoms with E-state index in [4.69, 9.17) is 0 Å². The van der Waals surface area contributed by atoms with Crippen LogP contribution in [0.25, 0.3) is 22.2 Å². The fraction of sp³-hybridized carbons (Fsp3) is 0.316. The van der Waals surface area contributed by atoms with Crippen LogP contribution in [0.5, 0.6) is 0 Å². The lowest BCUT2D eigenvalue weighted by molar-refractivity contribution is -0.137. The van der Waals surface area contributed by atoms with Gasteiger partial charge in [-0.15, -0.1) is 0 Å². The zero-order chi connectivity index (χ0) is 19.7. The van der Waals surface area contributed by atoms with Gasteiger partial charge in [-0.2, -0.15) is 13.2 Å². The predicted octanol–water partition coefficient (Wildman–Crippen LogP) is 3.17. The molecule has 6 nitrogen and oxygen atoms in total. The molecule has 2 aromatic heterocycles. The monoisotopic (exact) mass is 389 g/mol. The summed E-state index contributed by atoms with van der Waals surface area (Å²) in [5.41, 5.74) is -1.21. The molecular weight excluding hydrogens is 371 g/mol. The van der Waals surface area contributed by atoms with Gasteiger partial charge in [-0.3, -0.25) is 4.79 Å². The predicted molar refractivity (Wildman–Crippen MR) is 100 cm³/mol. The number of H-pyrrole nitrogens is 1. The molecule has 1 unspecified atom stereocenters. The van der Waals surface area contributed by atoms with Gasteiger partial charge < -0.3 is 15.6 Å². The SMILES string of the molecule is O=c1cc(-c2nc(NC3CCCNC3)ncc2C(F)(F)F)c2ccccc2[nH]1. The van der Waals surface area contributed by atoms with E-state index in [1.165, 1.54) is 0 Å². The van der Waals surface area contributed by atoms with Crippen molar-refractivity contribution in [1.29, 1.82) is 0 Å². The van der Waals surface area contributed by atoms with E-state index in [0.29, 0.717) is 17.4 Å². The summed E-state index contributed by atoms with van der Waals surface area (Å²) in [6.07, 6.45) is -2.04. The lowest BCUT2D eigenvalue weighted by Crippen LogP contribution is -2.38. The summed E-state index contributed by atoms with van der Waals surface area (Å²) in [5.74, 6) is 0.112. The van der Waals surface area contributed by atoms with Gasteiger partial charge in [0.1, 0.15) is 5.56 Å². The Morgan fingerprint density at radius 2 is 2.04 bits per heavy atom. The van der Waals surface area contributed by atoms with Crippen LogP contribution in [0.3, 0.4) is 0 Å². The van der Waals surface area contributed by atoms with Crippen LogP contribution in [0.15, 0.2) is 41.3 Å². The molecule has 1 atom stereocenters. The lowest BCUT2D eigenvalue weighted by Gasteiger charge is -2.24. The van der Waals surface area contributed by atoms with Crippen molar-refractivity contribution >= 4 is 16.9 Å². The van der Waals surface area contributed by atoms with Crippen LogP contribution in [-0.4, -0.2) is 34.1 Å². The van der Waals surface area contributed by atoms with Gasteiger partial charge in [-0.1, -0.05) is 18.2 Å². The highest BCUT2D eigenvalue weighted by atomic mass is 19.4. The standard InChI is InChI=1S/C19H18F3N5O/c20-19(21,22)14-10-24-18(25-11-4-3-7-23-9-11)27-17(14)13-8-16(28)26-15-6-2-1-5-12(13)15/h1-2,5-6,8,10-11,23H,3-4,7,9H2,(H,26,28)(H,24,25,27). The number of halogens is 3. The molecule has 3 N–H and O–H groups in total. The number of para-hydroxylation sites is 1. The second-order valence-electron chi connectivity index (χ2n) is 6.73. The highest BCUT2D eigenvalue weighted by Crippen LogP contribution is 2.37. The van der Waals surface area contributed by atoms with E-state index in [-0.39, 0.29) is 23.2 Å². The molecular formula is C19H18F3N5O. The summed E-state index contributed by atoms with van der Waals surface area (Å²) in [7, 11) is 0. The molecule has 1 aromatic carbocycles. The van der Waals surface area contributed by atoms with E-state index >= 15 is 0 Å². The maximum absolute atomic E-state index is 13.6. The number of hydrogen-bond donors (Lipinski definition) is 3. The Kier molecular flexibility index (Phi) is 4.76. The van der Waals surface area contributed by atoms with Crippen molar-refractivity contribution in [3.05, 3.63) is 52.4 Å². The number of fused-ring (bicyclic) bond motifs is 1. The number of aromatic amines is 1. The fourth-order valence-corrected chi connectivity index (χ4v) is 3.42. The van der Waals surface area contributed by atoms with Gasteiger partial charge in [0.2, 0.25) is 11.5 Å². The highest BCUT2D eigenvalue weighted by Gasteiger charge is 2.36. The van der Waals surface area contributed by atoms with Crippen LogP contribution in [0, 0.1) is 0 Å². The Balaban J connectivity index is 1.86. The maximum Gasteiger partial charge on any atom is 0.419 e. The Morgan fingerprint density at radius 3 is 2.79 bits per heavy atom. The Morgan fingerprint density at radius 1 is 1.21 bits per heavy atom. The van der Waals surface area contributed by atoms with Crippen LogP contribution >= 0.6 is 0 Å². The first-order chi connectivity index (χ1) is 13.4. The molecule has 1 aliphatic rings. The van der Waals surface area contributed by atoms with Gasteiger partial charge in [-0.25, -0.2) is 9.97 Å². The zero-order valence-electron chi connectivity index (χ0n) is 14.8. The maximum atomic E-state index is 13.6. The minimum absolute atomic E-state index is 0.0363. The number of hydrogen-bond acceptors (Lipinski definition) is 5. The fourth-order valence-electron chi connectivity index (χ4n) is 3.42. The average Bonchev–Trinajstić information content (AvgIpc) is 2.67. The van der Waals surface area contributed by atoms with E-state index < -0.39 is 17.3 Å². The van der Waals surface area contributed by atoms with Crippen LogP contribution in [-0.2, 0) is 6.18 Å². The van der Waals surface area contributed by atoms with Crippen molar-refractivity contribution in [2.45, 2.75) is 25.1 Å². The number of nitrogens with one attached hydrogen (secondary N) is 3. The second-order valence-corrected chi connectivity index (χ2v) is 6.73. The quantitative estimate of drug-likeness (QED) is 0.641. The Labute approximate surface area is 158 Å². The molecule has 4 rings (SSSR count). The molecule has 9 heteroatoms. The molecule has 146 valence electrons. The minimum Gasteiger partial charge on any atom is -0.350 e. The highest BCUT2D eigenvalue weighted by molar-refractivity contribution is 5.94. The molecule has 0 aliphatic carbocycles. The summed E-state index contributed by atoms with van der Waals surface area (Å²) in [6, 6.07) is 7.88. The number of piperidine rings is 1. The number of aromatic nitrogens is 3. The third-order valence-corrected chi connectivity index (χ3v) is 4.73. The zero-order valence-corrected chi connectivity index (χ0v) is 14.8. The van der Waals surface area contributed by atoms with Crippen molar-refractivity contribution in [3.63, 3.8) is 0 Å². The number of alkyl halides is 3. The number of rotatable bonds is 3. The first-order valence-corrected chi connectivity index (χ1v) is 8.96. The van der Waals surface area contributed by atoms with Crippen molar-refractivity contribution < 1.29 is 13.2 Å². The van der Waals surface area contributed by atoms with Gasteiger partial charge in [0.15, 0.2) is 0 Å². The Bertz CT molecular complexity index is 1060. The summed E-state index contributed by atoms with van der Waals surface area (Å²) < 4.78 is 40.9. The van der Waals surface area contributed by atoms with Crippen LogP contribution in [0.4, 0.5) is 19.1 Å². The van der Waals surface area contributed by atoms with E-state index in [0.717, 1.165) is 31.6 Å².